The van der Waals surface area contributed by atoms with Crippen LogP contribution in [0.5, 0.6) is 0 Å². The molecule has 8 heteroatoms. The molecule has 1 saturated heterocycles. The molecule has 0 radical (unpaired) electrons. The highest BCUT2D eigenvalue weighted by Crippen LogP contribution is 2.17. The molecule has 0 spiro atoms. The summed E-state index contributed by atoms with van der Waals surface area (Å²) >= 11 is 0. The zero-order valence-corrected chi connectivity index (χ0v) is 17.8. The van der Waals surface area contributed by atoms with Crippen LogP contribution in [0.15, 0.2) is 47.3 Å². The Morgan fingerprint density at radius 3 is 2.61 bits per heavy atom. The van der Waals surface area contributed by atoms with Crippen LogP contribution in [0.2, 0.25) is 0 Å². The van der Waals surface area contributed by atoms with Crippen molar-refractivity contribution in [3.63, 3.8) is 0 Å². The molecule has 0 aliphatic carbocycles. The molecule has 0 bridgehead atoms. The van der Waals surface area contributed by atoms with Crippen LogP contribution in [0.25, 0.3) is 11.0 Å². The molecule has 2 aromatic carbocycles. The van der Waals surface area contributed by atoms with Crippen LogP contribution >= 0.6 is 0 Å². The first-order valence-electron chi connectivity index (χ1n) is 10.5. The van der Waals surface area contributed by atoms with Gasteiger partial charge >= 0.3 is 5.69 Å². The lowest BCUT2D eigenvalue weighted by Crippen LogP contribution is -2.44. The second kappa shape index (κ2) is 8.77. The third-order valence-corrected chi connectivity index (χ3v) is 5.79. The lowest BCUT2D eigenvalue weighted by atomic mass is 10.1. The summed E-state index contributed by atoms with van der Waals surface area (Å²) in [6.45, 7) is 6.50. The van der Waals surface area contributed by atoms with Crippen LogP contribution < -0.4 is 11.0 Å². The van der Waals surface area contributed by atoms with Crippen LogP contribution in [-0.4, -0.2) is 63.8 Å². The summed E-state index contributed by atoms with van der Waals surface area (Å²) in [4.78, 5) is 46.5. The van der Waals surface area contributed by atoms with Gasteiger partial charge in [0.05, 0.1) is 17.1 Å². The first-order chi connectivity index (χ1) is 14.9. The molecule has 162 valence electrons. The number of benzene rings is 2. The largest absolute Gasteiger partial charge is 0.337 e. The minimum absolute atomic E-state index is 0.0384. The van der Waals surface area contributed by atoms with E-state index in [1.165, 1.54) is 0 Å². The Bertz CT molecular complexity index is 1170. The SMILES string of the molecule is Cc1cccc(C(=O)N2CCCN(C(C)C(=O)Nc3ccc4[nH]c(=O)[nH]c4c3)CC2)c1. The molecule has 1 atom stereocenters. The molecule has 0 saturated carbocycles. The number of imidazole rings is 1. The molecule has 1 aromatic heterocycles. The normalized spacial score (nSPS) is 16.1. The van der Waals surface area contributed by atoms with E-state index in [1.54, 1.807) is 18.2 Å². The molecular formula is C23H27N5O3. The van der Waals surface area contributed by atoms with Crippen LogP contribution in [0.1, 0.15) is 29.3 Å². The van der Waals surface area contributed by atoms with E-state index < -0.39 is 0 Å². The number of H-pyrrole nitrogens is 2. The van der Waals surface area contributed by atoms with Gasteiger partial charge in [-0.15, -0.1) is 0 Å². The molecule has 2 heterocycles. The second-order valence-electron chi connectivity index (χ2n) is 8.06. The van der Waals surface area contributed by atoms with Crippen molar-refractivity contribution >= 4 is 28.5 Å². The average Bonchev–Trinajstić information content (AvgIpc) is 2.95. The van der Waals surface area contributed by atoms with Crippen molar-refractivity contribution in [1.82, 2.24) is 19.8 Å². The molecule has 8 nitrogen and oxygen atoms in total. The monoisotopic (exact) mass is 421 g/mol. The zero-order valence-electron chi connectivity index (χ0n) is 17.8. The number of anilines is 1. The molecule has 1 aliphatic heterocycles. The number of nitrogens with zero attached hydrogens (tertiary/aromatic N) is 2. The van der Waals surface area contributed by atoms with Gasteiger partial charge in [0, 0.05) is 37.4 Å². The second-order valence-corrected chi connectivity index (χ2v) is 8.06. The van der Waals surface area contributed by atoms with Gasteiger partial charge in [-0.1, -0.05) is 17.7 Å². The molecule has 31 heavy (non-hydrogen) atoms. The first kappa shape index (κ1) is 20.9. The number of fused-ring (bicyclic) bond motifs is 1. The third kappa shape index (κ3) is 4.69. The van der Waals surface area contributed by atoms with Gasteiger partial charge in [0.1, 0.15) is 0 Å². The molecule has 1 unspecified atom stereocenters. The van der Waals surface area contributed by atoms with Gasteiger partial charge in [-0.25, -0.2) is 4.79 Å². The van der Waals surface area contributed by atoms with Crippen molar-refractivity contribution < 1.29 is 9.59 Å². The van der Waals surface area contributed by atoms with Gasteiger partial charge in [-0.3, -0.25) is 14.5 Å². The van der Waals surface area contributed by atoms with Gasteiger partial charge in [-0.2, -0.15) is 0 Å². The highest BCUT2D eigenvalue weighted by molar-refractivity contribution is 5.96. The fraction of sp³-hybridized carbons (Fsp3) is 0.348. The Morgan fingerprint density at radius 2 is 1.81 bits per heavy atom. The zero-order chi connectivity index (χ0) is 22.0. The molecule has 2 amide bonds. The van der Waals surface area contributed by atoms with E-state index in [0.29, 0.717) is 41.9 Å². The summed E-state index contributed by atoms with van der Waals surface area (Å²) in [6, 6.07) is 12.6. The van der Waals surface area contributed by atoms with Gasteiger partial charge in [0.15, 0.2) is 0 Å². The predicted octanol–water partition coefficient (Wildman–Crippen LogP) is 2.34. The van der Waals surface area contributed by atoms with Gasteiger partial charge in [0.2, 0.25) is 5.91 Å². The molecular weight excluding hydrogens is 394 g/mol. The van der Waals surface area contributed by atoms with Gasteiger partial charge < -0.3 is 20.2 Å². The fourth-order valence-corrected chi connectivity index (χ4v) is 4.01. The number of aryl methyl sites for hydroxylation is 1. The van der Waals surface area contributed by atoms with Crippen molar-refractivity contribution in [1.29, 1.82) is 0 Å². The minimum atomic E-state index is -0.338. The van der Waals surface area contributed by atoms with E-state index in [-0.39, 0.29) is 23.5 Å². The maximum absolute atomic E-state index is 12.9. The standard InChI is InChI=1S/C23H27N5O3/c1-15-5-3-6-17(13-15)22(30)28-10-4-9-27(11-12-28)16(2)21(29)24-18-7-8-19-20(14-18)26-23(31)25-19/h3,5-8,13-14,16H,4,9-12H2,1-2H3,(H,24,29)(H2,25,26,31). The van der Waals surface area contributed by atoms with Crippen LogP contribution in [-0.2, 0) is 4.79 Å². The van der Waals surface area contributed by atoms with E-state index >= 15 is 0 Å². The summed E-state index contributed by atoms with van der Waals surface area (Å²) in [6.07, 6.45) is 0.811. The van der Waals surface area contributed by atoms with Crippen LogP contribution in [0, 0.1) is 6.92 Å². The Hall–Kier alpha value is -3.39. The van der Waals surface area contributed by atoms with Crippen molar-refractivity contribution in [2.45, 2.75) is 26.3 Å². The molecule has 1 aliphatic rings. The maximum atomic E-state index is 12.9. The average molecular weight is 422 g/mol. The van der Waals surface area contributed by atoms with Crippen molar-refractivity contribution in [2.75, 3.05) is 31.5 Å². The summed E-state index contributed by atoms with van der Waals surface area (Å²) < 4.78 is 0. The Labute approximate surface area is 180 Å². The number of rotatable bonds is 4. The number of aromatic amines is 2. The molecule has 3 aromatic rings. The number of carbonyl (C=O) groups is 2. The molecule has 4 rings (SSSR count). The van der Waals surface area contributed by atoms with Gasteiger partial charge in [0.25, 0.3) is 5.91 Å². The Morgan fingerprint density at radius 1 is 1.00 bits per heavy atom. The summed E-state index contributed by atoms with van der Waals surface area (Å²) in [5, 5.41) is 2.93. The number of hydrogen-bond donors (Lipinski definition) is 3. The quantitative estimate of drug-likeness (QED) is 0.602. The van der Waals surface area contributed by atoms with Gasteiger partial charge in [-0.05, 0) is 50.6 Å². The summed E-state index contributed by atoms with van der Waals surface area (Å²) in [5.74, 6) is -0.0767. The Balaban J connectivity index is 1.38. The van der Waals surface area contributed by atoms with Crippen molar-refractivity contribution in [3.05, 3.63) is 64.1 Å². The Kier molecular flexibility index (Phi) is 5.90. The van der Waals surface area contributed by atoms with E-state index in [9.17, 15) is 14.4 Å². The number of nitrogens with one attached hydrogen (secondary N) is 3. The molecule has 3 N–H and O–H groups in total. The van der Waals surface area contributed by atoms with E-state index in [0.717, 1.165) is 18.5 Å². The lowest BCUT2D eigenvalue weighted by Gasteiger charge is -2.27. The lowest BCUT2D eigenvalue weighted by molar-refractivity contribution is -0.120. The topological polar surface area (TPSA) is 101 Å². The van der Waals surface area contributed by atoms with E-state index in [4.69, 9.17) is 0 Å². The van der Waals surface area contributed by atoms with E-state index in [1.807, 2.05) is 43.0 Å². The summed E-state index contributed by atoms with van der Waals surface area (Å²) in [5.41, 5.74) is 3.47. The fourth-order valence-electron chi connectivity index (χ4n) is 4.01. The highest BCUT2D eigenvalue weighted by atomic mass is 16.2. The number of amides is 2. The third-order valence-electron chi connectivity index (χ3n) is 5.79. The predicted molar refractivity (Wildman–Crippen MR) is 120 cm³/mol. The first-order valence-corrected chi connectivity index (χ1v) is 10.5. The van der Waals surface area contributed by atoms with E-state index in [2.05, 4.69) is 20.2 Å². The van der Waals surface area contributed by atoms with Crippen LogP contribution in [0.4, 0.5) is 5.69 Å². The maximum Gasteiger partial charge on any atom is 0.323 e. The smallest absolute Gasteiger partial charge is 0.323 e. The number of hydrogen-bond acceptors (Lipinski definition) is 4. The highest BCUT2D eigenvalue weighted by Gasteiger charge is 2.26. The number of carbonyl (C=O) groups excluding carboxylic acids is 2. The molecule has 1 fully saturated rings. The summed E-state index contributed by atoms with van der Waals surface area (Å²) in [7, 11) is 0. The van der Waals surface area contributed by atoms with Crippen molar-refractivity contribution in [2.24, 2.45) is 0 Å². The minimum Gasteiger partial charge on any atom is -0.337 e. The van der Waals surface area contributed by atoms with Crippen LogP contribution in [0.3, 0.4) is 0 Å². The number of aromatic nitrogens is 2. The van der Waals surface area contributed by atoms with Crippen molar-refractivity contribution in [3.8, 4) is 0 Å².